The molecule has 5 nitrogen and oxygen atoms in total. The predicted molar refractivity (Wildman–Crippen MR) is 94.3 cm³/mol. The fraction of sp³-hybridized carbons (Fsp3) is 0.333. The normalized spacial score (nSPS) is 9.91. The Balaban J connectivity index is 0.00000242. The van der Waals surface area contributed by atoms with Crippen molar-refractivity contribution >= 4 is 40.5 Å². The van der Waals surface area contributed by atoms with Crippen molar-refractivity contribution in [2.45, 2.75) is 26.9 Å². The fourth-order valence-corrected chi connectivity index (χ4v) is 2.66. The lowest BCUT2D eigenvalue weighted by molar-refractivity contribution is -0.129. The fourth-order valence-electron chi connectivity index (χ4n) is 2.04. The molecule has 22 heavy (non-hydrogen) atoms. The van der Waals surface area contributed by atoms with Gasteiger partial charge in [-0.3, -0.25) is 4.79 Å². The van der Waals surface area contributed by atoms with Crippen LogP contribution < -0.4 is 11.1 Å². The quantitative estimate of drug-likeness (QED) is 0.847. The number of nitrogens with two attached hydrogens (primary N) is 1. The highest BCUT2D eigenvalue weighted by Gasteiger charge is 2.07. The molecule has 1 heterocycles. The highest BCUT2D eigenvalue weighted by molar-refractivity contribution is 7.15. The summed E-state index contributed by atoms with van der Waals surface area (Å²) >= 11 is 1.48. The standard InChI is InChI=1S/C15H20N4OS.ClH/c1-3-19(11(2)20)10-12-5-4-6-13(7-12)17-8-14-9-18-15(16)21-14;/h4-7,9,17H,3,8,10H2,1-2H3,(H2,16,18);1H. The van der Waals surface area contributed by atoms with Crippen molar-refractivity contribution in [3.63, 3.8) is 0 Å². The van der Waals surface area contributed by atoms with Crippen LogP contribution >= 0.6 is 23.7 Å². The molecule has 0 aliphatic carbocycles. The molecule has 0 spiro atoms. The Morgan fingerprint density at radius 3 is 2.82 bits per heavy atom. The molecule has 1 aromatic heterocycles. The lowest BCUT2D eigenvalue weighted by Gasteiger charge is -2.19. The summed E-state index contributed by atoms with van der Waals surface area (Å²) in [5, 5.41) is 3.93. The summed E-state index contributed by atoms with van der Waals surface area (Å²) in [6.45, 7) is 5.63. The van der Waals surface area contributed by atoms with E-state index in [0.29, 0.717) is 24.8 Å². The molecule has 120 valence electrons. The molecule has 0 bridgehead atoms. The van der Waals surface area contributed by atoms with Crippen molar-refractivity contribution in [3.8, 4) is 0 Å². The van der Waals surface area contributed by atoms with Crippen LogP contribution in [-0.2, 0) is 17.9 Å². The molecule has 0 atom stereocenters. The van der Waals surface area contributed by atoms with E-state index in [-0.39, 0.29) is 18.3 Å². The zero-order chi connectivity index (χ0) is 15.2. The second kappa shape index (κ2) is 8.60. The summed E-state index contributed by atoms with van der Waals surface area (Å²) in [6.07, 6.45) is 1.78. The Morgan fingerprint density at radius 1 is 1.45 bits per heavy atom. The second-order valence-electron chi connectivity index (χ2n) is 4.75. The van der Waals surface area contributed by atoms with Crippen molar-refractivity contribution in [1.82, 2.24) is 9.88 Å². The molecule has 0 aliphatic rings. The number of hydrogen-bond acceptors (Lipinski definition) is 5. The Labute approximate surface area is 141 Å². The molecule has 0 aliphatic heterocycles. The number of amides is 1. The highest BCUT2D eigenvalue weighted by atomic mass is 35.5. The largest absolute Gasteiger partial charge is 0.380 e. The molecule has 7 heteroatoms. The maximum absolute atomic E-state index is 11.5. The third-order valence-corrected chi connectivity index (χ3v) is 3.99. The zero-order valence-corrected chi connectivity index (χ0v) is 14.3. The number of nitrogens with zero attached hydrogens (tertiary/aromatic N) is 2. The number of thiazole rings is 1. The van der Waals surface area contributed by atoms with E-state index in [1.807, 2.05) is 30.0 Å². The first-order valence-corrected chi connectivity index (χ1v) is 7.68. The van der Waals surface area contributed by atoms with Crippen LogP contribution in [-0.4, -0.2) is 22.3 Å². The van der Waals surface area contributed by atoms with E-state index < -0.39 is 0 Å². The summed E-state index contributed by atoms with van der Waals surface area (Å²) in [7, 11) is 0. The summed E-state index contributed by atoms with van der Waals surface area (Å²) in [5.41, 5.74) is 7.75. The van der Waals surface area contributed by atoms with Gasteiger partial charge in [0.15, 0.2) is 5.13 Å². The number of benzene rings is 1. The van der Waals surface area contributed by atoms with Crippen LogP contribution in [0, 0.1) is 0 Å². The molecule has 3 N–H and O–H groups in total. The summed E-state index contributed by atoms with van der Waals surface area (Å²) in [5.74, 6) is 0.0935. The summed E-state index contributed by atoms with van der Waals surface area (Å²) < 4.78 is 0. The molecular weight excluding hydrogens is 320 g/mol. The van der Waals surface area contributed by atoms with Gasteiger partial charge in [0.25, 0.3) is 0 Å². The van der Waals surface area contributed by atoms with Gasteiger partial charge in [-0.15, -0.1) is 23.7 Å². The van der Waals surface area contributed by atoms with Crippen molar-refractivity contribution in [2.24, 2.45) is 0 Å². The topological polar surface area (TPSA) is 71.2 Å². The maximum Gasteiger partial charge on any atom is 0.219 e. The third kappa shape index (κ3) is 5.20. The van der Waals surface area contributed by atoms with E-state index in [1.165, 1.54) is 11.3 Å². The van der Waals surface area contributed by atoms with E-state index >= 15 is 0 Å². The molecule has 2 rings (SSSR count). The van der Waals surface area contributed by atoms with Gasteiger partial charge in [-0.1, -0.05) is 12.1 Å². The first kappa shape index (κ1) is 18.3. The first-order chi connectivity index (χ1) is 10.1. The number of halogens is 1. The lowest BCUT2D eigenvalue weighted by Crippen LogP contribution is -2.27. The van der Waals surface area contributed by atoms with E-state index in [2.05, 4.69) is 16.4 Å². The lowest BCUT2D eigenvalue weighted by atomic mass is 10.2. The van der Waals surface area contributed by atoms with E-state index in [0.717, 1.165) is 16.1 Å². The number of carbonyl (C=O) groups is 1. The van der Waals surface area contributed by atoms with Gasteiger partial charge in [-0.25, -0.2) is 4.98 Å². The van der Waals surface area contributed by atoms with Crippen molar-refractivity contribution in [3.05, 3.63) is 40.9 Å². The number of rotatable bonds is 6. The molecule has 0 saturated carbocycles. The molecule has 0 unspecified atom stereocenters. The molecule has 2 aromatic rings. The van der Waals surface area contributed by atoms with E-state index in [4.69, 9.17) is 5.73 Å². The molecule has 0 fully saturated rings. The Morgan fingerprint density at radius 2 is 2.23 bits per heavy atom. The molecule has 1 aromatic carbocycles. The van der Waals surface area contributed by atoms with Gasteiger partial charge < -0.3 is 16.0 Å². The summed E-state index contributed by atoms with van der Waals surface area (Å²) in [4.78, 5) is 18.4. The predicted octanol–water partition coefficient (Wildman–Crippen LogP) is 3.13. The third-order valence-electron chi connectivity index (χ3n) is 3.17. The minimum Gasteiger partial charge on any atom is -0.380 e. The summed E-state index contributed by atoms with van der Waals surface area (Å²) in [6, 6.07) is 8.10. The Bertz CT molecular complexity index is 617. The van der Waals surface area contributed by atoms with Crippen molar-refractivity contribution in [1.29, 1.82) is 0 Å². The number of carbonyl (C=O) groups excluding carboxylic acids is 1. The minimum absolute atomic E-state index is 0. The van der Waals surface area contributed by atoms with Crippen LogP contribution in [0.5, 0.6) is 0 Å². The van der Waals surface area contributed by atoms with Crippen LogP contribution in [0.15, 0.2) is 30.5 Å². The second-order valence-corrected chi connectivity index (χ2v) is 5.90. The SMILES string of the molecule is CCN(Cc1cccc(NCc2cnc(N)s2)c1)C(C)=O.Cl. The monoisotopic (exact) mass is 340 g/mol. The van der Waals surface area contributed by atoms with E-state index in [9.17, 15) is 4.79 Å². The molecular formula is C15H21ClN4OS. The molecule has 0 radical (unpaired) electrons. The van der Waals surface area contributed by atoms with Crippen molar-refractivity contribution < 1.29 is 4.79 Å². The average molecular weight is 341 g/mol. The van der Waals surface area contributed by atoms with Crippen LogP contribution in [0.1, 0.15) is 24.3 Å². The highest BCUT2D eigenvalue weighted by Crippen LogP contribution is 2.18. The van der Waals surface area contributed by atoms with Crippen molar-refractivity contribution in [2.75, 3.05) is 17.6 Å². The molecule has 0 saturated heterocycles. The van der Waals surface area contributed by atoms with Crippen LogP contribution in [0.25, 0.3) is 0 Å². The smallest absolute Gasteiger partial charge is 0.219 e. The van der Waals surface area contributed by atoms with Gasteiger partial charge in [-0.2, -0.15) is 0 Å². The Kier molecular flexibility index (Phi) is 7.14. The number of nitrogens with one attached hydrogen (secondary N) is 1. The maximum atomic E-state index is 11.5. The van der Waals surface area contributed by atoms with Gasteiger partial charge in [0, 0.05) is 36.8 Å². The van der Waals surface area contributed by atoms with Gasteiger partial charge >= 0.3 is 0 Å². The average Bonchev–Trinajstić information content (AvgIpc) is 2.88. The molecule has 1 amide bonds. The number of aromatic nitrogens is 1. The van der Waals surface area contributed by atoms with Gasteiger partial charge in [-0.05, 0) is 24.6 Å². The van der Waals surface area contributed by atoms with Gasteiger partial charge in [0.05, 0.1) is 6.54 Å². The Hall–Kier alpha value is -1.79. The number of hydrogen-bond donors (Lipinski definition) is 2. The van der Waals surface area contributed by atoms with Crippen LogP contribution in [0.4, 0.5) is 10.8 Å². The van der Waals surface area contributed by atoms with Gasteiger partial charge in [0.2, 0.25) is 5.91 Å². The van der Waals surface area contributed by atoms with Crippen LogP contribution in [0.3, 0.4) is 0 Å². The van der Waals surface area contributed by atoms with Crippen LogP contribution in [0.2, 0.25) is 0 Å². The number of anilines is 2. The minimum atomic E-state index is 0. The van der Waals surface area contributed by atoms with E-state index in [1.54, 1.807) is 13.1 Å². The zero-order valence-electron chi connectivity index (χ0n) is 12.7. The number of nitrogen functional groups attached to an aromatic ring is 1. The van der Waals surface area contributed by atoms with Gasteiger partial charge in [0.1, 0.15) is 0 Å². The first-order valence-electron chi connectivity index (χ1n) is 6.87.